The smallest absolute Gasteiger partial charge is 0.287 e. The normalized spacial score (nSPS) is 15.2. The maximum atomic E-state index is 12.4. The number of amides is 2. The molecule has 1 aliphatic rings. The minimum atomic E-state index is -0.223. The first kappa shape index (κ1) is 23.6. The predicted molar refractivity (Wildman–Crippen MR) is 131 cm³/mol. The molecular formula is C28H32N2O4. The van der Waals surface area contributed by atoms with Gasteiger partial charge in [0.2, 0.25) is 5.91 Å². The van der Waals surface area contributed by atoms with E-state index in [1.807, 2.05) is 30.9 Å². The van der Waals surface area contributed by atoms with Gasteiger partial charge in [0.1, 0.15) is 18.1 Å². The maximum Gasteiger partial charge on any atom is 0.287 e. The minimum Gasteiger partial charge on any atom is -0.486 e. The van der Waals surface area contributed by atoms with Crippen molar-refractivity contribution >= 4 is 11.8 Å². The number of rotatable bonds is 7. The summed E-state index contributed by atoms with van der Waals surface area (Å²) in [5.41, 5.74) is 4.57. The Morgan fingerprint density at radius 2 is 1.88 bits per heavy atom. The molecule has 0 saturated heterocycles. The highest BCUT2D eigenvalue weighted by molar-refractivity contribution is 5.91. The van der Waals surface area contributed by atoms with E-state index < -0.39 is 0 Å². The average Bonchev–Trinajstić information content (AvgIpc) is 3.30. The van der Waals surface area contributed by atoms with Gasteiger partial charge in [-0.3, -0.25) is 9.59 Å². The summed E-state index contributed by atoms with van der Waals surface area (Å²) < 4.78 is 11.7. The molecule has 0 unspecified atom stereocenters. The molecule has 2 heterocycles. The van der Waals surface area contributed by atoms with Crippen LogP contribution in [-0.4, -0.2) is 29.8 Å². The van der Waals surface area contributed by atoms with Crippen LogP contribution in [0.25, 0.3) is 0 Å². The molecule has 0 bridgehead atoms. The lowest BCUT2D eigenvalue weighted by Gasteiger charge is -2.37. The Morgan fingerprint density at radius 3 is 2.59 bits per heavy atom. The zero-order valence-electron chi connectivity index (χ0n) is 20.3. The third kappa shape index (κ3) is 5.33. The maximum absolute atomic E-state index is 12.4. The first-order valence-corrected chi connectivity index (χ1v) is 11.8. The Morgan fingerprint density at radius 1 is 1.12 bits per heavy atom. The molecule has 0 saturated carbocycles. The molecule has 1 aliphatic heterocycles. The molecule has 0 aliphatic carbocycles. The molecule has 1 N–H and O–H groups in total. The number of carbonyl (C=O) groups is 2. The molecule has 4 rings (SSSR count). The molecule has 0 spiro atoms. The number of fused-ring (bicyclic) bond motifs is 1. The van der Waals surface area contributed by atoms with Gasteiger partial charge in [0.15, 0.2) is 5.76 Å². The molecule has 1 atom stereocenters. The van der Waals surface area contributed by atoms with Crippen LogP contribution in [0.3, 0.4) is 0 Å². The van der Waals surface area contributed by atoms with E-state index in [2.05, 4.69) is 42.6 Å². The fourth-order valence-corrected chi connectivity index (χ4v) is 4.25. The first-order chi connectivity index (χ1) is 16.3. The number of aryl methyl sites for hydroxylation is 1. The predicted octanol–water partition coefficient (Wildman–Crippen LogP) is 5.05. The van der Waals surface area contributed by atoms with E-state index in [0.29, 0.717) is 30.5 Å². The molecule has 2 amide bonds. The van der Waals surface area contributed by atoms with Gasteiger partial charge in [0.25, 0.3) is 5.91 Å². The van der Waals surface area contributed by atoms with Crippen LogP contribution in [0.4, 0.5) is 0 Å². The van der Waals surface area contributed by atoms with Crippen molar-refractivity contribution in [2.45, 2.75) is 46.8 Å². The van der Waals surface area contributed by atoms with Gasteiger partial charge in [0.05, 0.1) is 6.04 Å². The number of nitrogens with zero attached hydrogens (tertiary/aromatic N) is 1. The Hall–Kier alpha value is -3.54. The van der Waals surface area contributed by atoms with Crippen LogP contribution < -0.4 is 10.1 Å². The molecule has 6 nitrogen and oxygen atoms in total. The van der Waals surface area contributed by atoms with Gasteiger partial charge in [-0.15, -0.1) is 0 Å². The van der Waals surface area contributed by atoms with Crippen molar-refractivity contribution in [2.75, 3.05) is 13.1 Å². The summed E-state index contributed by atoms with van der Waals surface area (Å²) in [6.45, 7) is 9.26. The number of carbonyl (C=O) groups excluding carboxylic acids is 2. The molecule has 1 aromatic heterocycles. The molecule has 3 aromatic rings. The highest BCUT2D eigenvalue weighted by atomic mass is 16.5. The molecule has 34 heavy (non-hydrogen) atoms. The van der Waals surface area contributed by atoms with Crippen molar-refractivity contribution in [1.29, 1.82) is 0 Å². The van der Waals surface area contributed by atoms with Crippen LogP contribution in [-0.2, 0) is 17.8 Å². The van der Waals surface area contributed by atoms with Crippen LogP contribution in [0.15, 0.2) is 59.0 Å². The SMILES string of the molecule is CC(=O)N1CCc2ccc(OCc3ccc(C(=O)NCC(C)C)o3)cc2[C@H]1c1ccc(C)cc1. The Bertz CT molecular complexity index is 1160. The summed E-state index contributed by atoms with van der Waals surface area (Å²) in [5.74, 6) is 1.76. The van der Waals surface area contributed by atoms with Gasteiger partial charge < -0.3 is 19.4 Å². The number of hydrogen-bond acceptors (Lipinski definition) is 4. The van der Waals surface area contributed by atoms with Gasteiger partial charge in [-0.1, -0.05) is 49.7 Å². The van der Waals surface area contributed by atoms with Crippen molar-refractivity contribution in [3.05, 3.63) is 88.4 Å². The lowest BCUT2D eigenvalue weighted by atomic mass is 9.87. The van der Waals surface area contributed by atoms with Gasteiger partial charge >= 0.3 is 0 Å². The van der Waals surface area contributed by atoms with Gasteiger partial charge in [-0.25, -0.2) is 0 Å². The van der Waals surface area contributed by atoms with Gasteiger partial charge in [-0.2, -0.15) is 0 Å². The zero-order valence-corrected chi connectivity index (χ0v) is 20.3. The third-order valence-corrected chi connectivity index (χ3v) is 6.08. The van der Waals surface area contributed by atoms with Crippen molar-refractivity contribution in [3.8, 4) is 5.75 Å². The number of ether oxygens (including phenoxy) is 1. The van der Waals surface area contributed by atoms with Gasteiger partial charge in [0, 0.05) is 20.0 Å². The van der Waals surface area contributed by atoms with E-state index in [4.69, 9.17) is 9.15 Å². The van der Waals surface area contributed by atoms with Crippen LogP contribution in [0.1, 0.15) is 65.4 Å². The monoisotopic (exact) mass is 460 g/mol. The molecule has 178 valence electrons. The van der Waals surface area contributed by atoms with E-state index >= 15 is 0 Å². The molecule has 0 radical (unpaired) electrons. The second-order valence-electron chi connectivity index (χ2n) is 9.29. The van der Waals surface area contributed by atoms with Crippen molar-refractivity contribution in [2.24, 2.45) is 5.92 Å². The summed E-state index contributed by atoms with van der Waals surface area (Å²) in [4.78, 5) is 26.6. The number of furan rings is 1. The lowest BCUT2D eigenvalue weighted by molar-refractivity contribution is -0.130. The van der Waals surface area contributed by atoms with E-state index in [1.54, 1.807) is 19.1 Å². The van der Waals surface area contributed by atoms with E-state index in [0.717, 1.165) is 17.5 Å². The molecule has 6 heteroatoms. The Kier molecular flexibility index (Phi) is 7.06. The van der Waals surface area contributed by atoms with Crippen molar-refractivity contribution in [1.82, 2.24) is 10.2 Å². The molecular weight excluding hydrogens is 428 g/mol. The summed E-state index contributed by atoms with van der Waals surface area (Å²) in [5, 5.41) is 2.85. The molecule has 2 aromatic carbocycles. The van der Waals surface area contributed by atoms with E-state index in [-0.39, 0.29) is 30.2 Å². The van der Waals surface area contributed by atoms with E-state index in [9.17, 15) is 9.59 Å². The fraction of sp³-hybridized carbons (Fsp3) is 0.357. The number of hydrogen-bond donors (Lipinski definition) is 1. The molecule has 0 fully saturated rings. The quantitative estimate of drug-likeness (QED) is 0.536. The summed E-state index contributed by atoms with van der Waals surface area (Å²) in [7, 11) is 0. The summed E-state index contributed by atoms with van der Waals surface area (Å²) in [6.07, 6.45) is 0.810. The second-order valence-corrected chi connectivity index (χ2v) is 9.29. The van der Waals surface area contributed by atoms with Crippen LogP contribution in [0.5, 0.6) is 5.75 Å². The highest BCUT2D eigenvalue weighted by Crippen LogP contribution is 2.37. The average molecular weight is 461 g/mol. The second kappa shape index (κ2) is 10.2. The Labute approximate surface area is 200 Å². The highest BCUT2D eigenvalue weighted by Gasteiger charge is 2.30. The first-order valence-electron chi connectivity index (χ1n) is 11.8. The third-order valence-electron chi connectivity index (χ3n) is 6.08. The Balaban J connectivity index is 1.52. The lowest BCUT2D eigenvalue weighted by Crippen LogP contribution is -2.39. The fourth-order valence-electron chi connectivity index (χ4n) is 4.25. The number of benzene rings is 2. The number of nitrogens with one attached hydrogen (secondary N) is 1. The standard InChI is InChI=1S/C28H32N2O4/c1-18(2)16-29-28(32)26-12-11-24(34-26)17-33-23-10-9-21-13-14-30(20(4)31)27(25(21)15-23)22-7-5-19(3)6-8-22/h5-12,15,18,27H,13-14,16-17H2,1-4H3,(H,29,32)/t27-/m1/s1. The minimum absolute atomic E-state index is 0.0569. The van der Waals surface area contributed by atoms with Crippen LogP contribution in [0, 0.1) is 12.8 Å². The van der Waals surface area contributed by atoms with Gasteiger partial charge in [-0.05, 0) is 60.2 Å². The van der Waals surface area contributed by atoms with E-state index in [1.165, 1.54) is 11.1 Å². The zero-order chi connectivity index (χ0) is 24.2. The van der Waals surface area contributed by atoms with Crippen molar-refractivity contribution in [3.63, 3.8) is 0 Å². The largest absolute Gasteiger partial charge is 0.486 e. The van der Waals surface area contributed by atoms with Crippen LogP contribution in [0.2, 0.25) is 0 Å². The topological polar surface area (TPSA) is 71.8 Å². The van der Waals surface area contributed by atoms with Crippen LogP contribution >= 0.6 is 0 Å². The van der Waals surface area contributed by atoms with Crippen molar-refractivity contribution < 1.29 is 18.7 Å². The summed E-state index contributed by atoms with van der Waals surface area (Å²) in [6, 6.07) is 17.7. The summed E-state index contributed by atoms with van der Waals surface area (Å²) >= 11 is 0.